The smallest absolute Gasteiger partial charge is 0.340 e. The van der Waals surface area contributed by atoms with E-state index in [9.17, 15) is 4.79 Å². The molecule has 1 spiro atoms. The molecule has 162 valence electrons. The lowest BCUT2D eigenvalue weighted by atomic mass is 9.77. The van der Waals surface area contributed by atoms with E-state index in [0.717, 1.165) is 34.6 Å². The number of hydrogen-bond acceptors (Lipinski definition) is 4. The number of hydrogen-bond donors (Lipinski definition) is 0. The van der Waals surface area contributed by atoms with Gasteiger partial charge in [0.05, 0.1) is 5.56 Å². The highest BCUT2D eigenvalue weighted by atomic mass is 16.6. The molecule has 4 aromatic carbocycles. The maximum absolute atomic E-state index is 12.9. The largest absolute Gasteiger partial charge is 0.456 e. The molecule has 4 aromatic rings. The number of anilines is 2. The van der Waals surface area contributed by atoms with Gasteiger partial charge in [0, 0.05) is 40.7 Å². The minimum atomic E-state index is -1.02. The molecule has 0 aromatic heterocycles. The van der Waals surface area contributed by atoms with Crippen LogP contribution in [0.25, 0.3) is 0 Å². The van der Waals surface area contributed by atoms with Crippen molar-refractivity contribution in [3.05, 3.63) is 119 Å². The summed E-state index contributed by atoms with van der Waals surface area (Å²) in [6.45, 7) is 5.03. The molecule has 6 rings (SSSR count). The monoisotopic (exact) mass is 433 g/mol. The van der Waals surface area contributed by atoms with Crippen LogP contribution < -0.4 is 9.64 Å². The van der Waals surface area contributed by atoms with Gasteiger partial charge in [-0.05, 0) is 50.2 Å². The van der Waals surface area contributed by atoms with Crippen molar-refractivity contribution in [3.63, 3.8) is 0 Å². The van der Waals surface area contributed by atoms with Crippen molar-refractivity contribution in [3.8, 4) is 11.5 Å². The Morgan fingerprint density at radius 2 is 1.42 bits per heavy atom. The van der Waals surface area contributed by atoms with E-state index in [1.807, 2.05) is 60.7 Å². The first-order valence-electron chi connectivity index (χ1n) is 11.2. The zero-order valence-electron chi connectivity index (χ0n) is 18.5. The van der Waals surface area contributed by atoms with Gasteiger partial charge in [0.25, 0.3) is 0 Å². The maximum Gasteiger partial charge on any atom is 0.340 e. The van der Waals surface area contributed by atoms with E-state index in [4.69, 9.17) is 9.47 Å². The molecule has 33 heavy (non-hydrogen) atoms. The van der Waals surface area contributed by atoms with Gasteiger partial charge < -0.3 is 14.4 Å². The van der Waals surface area contributed by atoms with Gasteiger partial charge in [-0.2, -0.15) is 0 Å². The molecule has 1 unspecified atom stereocenters. The summed E-state index contributed by atoms with van der Waals surface area (Å²) < 4.78 is 12.6. The second-order valence-electron chi connectivity index (χ2n) is 8.47. The van der Waals surface area contributed by atoms with Crippen LogP contribution in [0.3, 0.4) is 0 Å². The van der Waals surface area contributed by atoms with Crippen LogP contribution >= 0.6 is 0 Å². The fourth-order valence-corrected chi connectivity index (χ4v) is 5.02. The van der Waals surface area contributed by atoms with Crippen molar-refractivity contribution >= 4 is 17.3 Å². The number of aryl methyl sites for hydroxylation is 1. The van der Waals surface area contributed by atoms with Crippen molar-refractivity contribution in [1.82, 2.24) is 0 Å². The molecule has 2 heterocycles. The van der Waals surface area contributed by atoms with Gasteiger partial charge in [0.15, 0.2) is 5.60 Å². The summed E-state index contributed by atoms with van der Waals surface area (Å²) in [6, 6.07) is 30.1. The van der Waals surface area contributed by atoms with E-state index in [-0.39, 0.29) is 5.97 Å². The summed E-state index contributed by atoms with van der Waals surface area (Å²) >= 11 is 0. The number of rotatable bonds is 3. The highest BCUT2D eigenvalue weighted by Crippen LogP contribution is 2.56. The van der Waals surface area contributed by atoms with Crippen LogP contribution in [-0.4, -0.2) is 12.5 Å². The van der Waals surface area contributed by atoms with E-state index in [1.54, 1.807) is 0 Å². The Morgan fingerprint density at radius 1 is 0.758 bits per heavy atom. The number of carbonyl (C=O) groups excluding carboxylic acids is 1. The number of para-hydroxylation sites is 1. The summed E-state index contributed by atoms with van der Waals surface area (Å²) in [4.78, 5) is 15.2. The standard InChI is InChI=1S/C29H23NO3/c1-3-30(20-14-12-19(2)13-15-20)21-16-17-25-27(18-21)32-26-11-7-6-10-24(26)29(25)23-9-5-4-8-22(23)28(31)33-29/h4-18H,3H2,1-2H3. The first-order chi connectivity index (χ1) is 16.1. The quantitative estimate of drug-likeness (QED) is 0.336. The molecule has 2 aliphatic rings. The third kappa shape index (κ3) is 2.80. The molecular weight excluding hydrogens is 410 g/mol. The lowest BCUT2D eigenvalue weighted by molar-refractivity contribution is 0.0224. The molecule has 0 bridgehead atoms. The summed E-state index contributed by atoms with van der Waals surface area (Å²) in [5, 5.41) is 0. The van der Waals surface area contributed by atoms with E-state index in [2.05, 4.69) is 49.1 Å². The summed E-state index contributed by atoms with van der Waals surface area (Å²) in [7, 11) is 0. The third-order valence-electron chi connectivity index (χ3n) is 6.58. The molecule has 2 aliphatic heterocycles. The fourth-order valence-electron chi connectivity index (χ4n) is 5.02. The number of nitrogens with zero attached hydrogens (tertiary/aromatic N) is 1. The predicted octanol–water partition coefficient (Wildman–Crippen LogP) is 6.72. The normalized spacial score (nSPS) is 17.6. The second kappa shape index (κ2) is 7.24. The van der Waals surface area contributed by atoms with Gasteiger partial charge in [0.1, 0.15) is 11.5 Å². The van der Waals surface area contributed by atoms with Gasteiger partial charge in [0.2, 0.25) is 0 Å². The van der Waals surface area contributed by atoms with Crippen LogP contribution in [0.5, 0.6) is 11.5 Å². The Labute approximate surface area is 193 Å². The van der Waals surface area contributed by atoms with Crippen molar-refractivity contribution in [2.75, 3.05) is 11.4 Å². The molecule has 0 aliphatic carbocycles. The number of ether oxygens (including phenoxy) is 2. The molecule has 1 atom stereocenters. The van der Waals surface area contributed by atoms with Gasteiger partial charge in [-0.1, -0.05) is 54.1 Å². The van der Waals surface area contributed by atoms with Crippen LogP contribution in [0, 0.1) is 6.92 Å². The number of esters is 1. The van der Waals surface area contributed by atoms with E-state index in [1.165, 1.54) is 5.56 Å². The van der Waals surface area contributed by atoms with Crippen LogP contribution in [0.1, 0.15) is 39.5 Å². The van der Waals surface area contributed by atoms with Gasteiger partial charge >= 0.3 is 5.97 Å². The van der Waals surface area contributed by atoms with Crippen molar-refractivity contribution < 1.29 is 14.3 Å². The molecule has 0 N–H and O–H groups in total. The van der Waals surface area contributed by atoms with Crippen LogP contribution in [0.2, 0.25) is 0 Å². The highest BCUT2D eigenvalue weighted by molar-refractivity contribution is 5.97. The third-order valence-corrected chi connectivity index (χ3v) is 6.58. The number of carbonyl (C=O) groups is 1. The zero-order chi connectivity index (χ0) is 22.6. The lowest BCUT2D eigenvalue weighted by Crippen LogP contribution is -2.33. The SMILES string of the molecule is CCN(c1ccc(C)cc1)c1ccc2c(c1)Oc1ccccc1C21OC(=O)c2ccccc21. The molecule has 4 heteroatoms. The Bertz CT molecular complexity index is 1390. The molecular formula is C29H23NO3. The van der Waals surface area contributed by atoms with E-state index >= 15 is 0 Å². The van der Waals surface area contributed by atoms with Crippen molar-refractivity contribution in [2.45, 2.75) is 19.4 Å². The fraction of sp³-hybridized carbons (Fsp3) is 0.138. The Kier molecular flexibility index (Phi) is 4.31. The van der Waals surface area contributed by atoms with Gasteiger partial charge in [-0.15, -0.1) is 0 Å². The first-order valence-corrected chi connectivity index (χ1v) is 11.2. The molecule has 0 saturated heterocycles. The average Bonchev–Trinajstić information content (AvgIpc) is 3.14. The Balaban J connectivity index is 1.55. The van der Waals surface area contributed by atoms with Gasteiger partial charge in [-0.25, -0.2) is 4.79 Å². The number of benzene rings is 4. The summed E-state index contributed by atoms with van der Waals surface area (Å²) in [5.74, 6) is 1.08. The minimum absolute atomic E-state index is 0.313. The highest BCUT2D eigenvalue weighted by Gasteiger charge is 2.53. The molecule has 0 amide bonds. The number of fused-ring (bicyclic) bond motifs is 6. The maximum atomic E-state index is 12.9. The molecule has 0 fully saturated rings. The Morgan fingerprint density at radius 3 is 2.21 bits per heavy atom. The topological polar surface area (TPSA) is 38.8 Å². The van der Waals surface area contributed by atoms with Gasteiger partial charge in [-0.3, -0.25) is 0 Å². The zero-order valence-corrected chi connectivity index (χ0v) is 18.5. The second-order valence-corrected chi connectivity index (χ2v) is 8.47. The predicted molar refractivity (Wildman–Crippen MR) is 129 cm³/mol. The van der Waals surface area contributed by atoms with Crippen LogP contribution in [0.15, 0.2) is 91.0 Å². The summed E-state index contributed by atoms with van der Waals surface area (Å²) in [6.07, 6.45) is 0. The minimum Gasteiger partial charge on any atom is -0.456 e. The lowest BCUT2D eigenvalue weighted by Gasteiger charge is -2.37. The first kappa shape index (κ1) is 19.6. The average molecular weight is 434 g/mol. The van der Waals surface area contributed by atoms with Crippen molar-refractivity contribution in [2.24, 2.45) is 0 Å². The van der Waals surface area contributed by atoms with E-state index in [0.29, 0.717) is 17.1 Å². The Hall–Kier alpha value is -4.05. The van der Waals surface area contributed by atoms with Crippen LogP contribution in [-0.2, 0) is 10.3 Å². The molecule has 0 saturated carbocycles. The van der Waals surface area contributed by atoms with Crippen LogP contribution in [0.4, 0.5) is 11.4 Å². The van der Waals surface area contributed by atoms with E-state index < -0.39 is 5.60 Å². The van der Waals surface area contributed by atoms with Crippen molar-refractivity contribution in [1.29, 1.82) is 0 Å². The molecule has 4 nitrogen and oxygen atoms in total. The summed E-state index contributed by atoms with van der Waals surface area (Å²) in [5.41, 5.74) is 5.47. The molecule has 0 radical (unpaired) electrons.